The molecule has 0 saturated carbocycles. The van der Waals surface area contributed by atoms with Crippen molar-refractivity contribution in [2.75, 3.05) is 0 Å². The Kier molecular flexibility index (Phi) is 1.37. The first-order valence-electron chi connectivity index (χ1n) is 4.98. The summed E-state index contributed by atoms with van der Waals surface area (Å²) in [5.74, 6) is 0. The van der Waals surface area contributed by atoms with Gasteiger partial charge in [-0.25, -0.2) is 0 Å². The quantitative estimate of drug-likeness (QED) is 0.549. The van der Waals surface area contributed by atoms with Crippen molar-refractivity contribution in [3.05, 3.63) is 34.4 Å². The van der Waals surface area contributed by atoms with E-state index in [0.29, 0.717) is 12.2 Å². The fourth-order valence-electron chi connectivity index (χ4n) is 2.29. The first-order valence-corrected chi connectivity index (χ1v) is 4.98. The second-order valence-corrected chi connectivity index (χ2v) is 4.33. The molecular weight excluding hydrogens is 160 g/mol. The van der Waals surface area contributed by atoms with E-state index in [2.05, 4.69) is 26.0 Å². The van der Waals surface area contributed by atoms with E-state index in [1.54, 1.807) is 0 Å². The number of epoxide rings is 1. The zero-order valence-corrected chi connectivity index (χ0v) is 8.13. The molecule has 0 spiro atoms. The fraction of sp³-hybridized carbons (Fsp3) is 0.500. The third kappa shape index (κ3) is 1.11. The molecule has 1 saturated heterocycles. The maximum Gasteiger partial charge on any atom is 0.0885 e. The minimum Gasteiger partial charge on any atom is -0.369 e. The van der Waals surface area contributed by atoms with Gasteiger partial charge in [0.15, 0.2) is 0 Å². The standard InChI is InChI=1S/C12H14O/c1-7-3-9-5-11-12(13-11)6-10(9)4-8(7)2/h3-4,11-12H,5-6H2,1-2H3. The zero-order chi connectivity index (χ0) is 9.00. The summed E-state index contributed by atoms with van der Waals surface area (Å²) < 4.78 is 5.54. The molecule has 1 nitrogen and oxygen atoms in total. The molecule has 1 aromatic carbocycles. The van der Waals surface area contributed by atoms with Gasteiger partial charge >= 0.3 is 0 Å². The van der Waals surface area contributed by atoms with Gasteiger partial charge in [-0.05, 0) is 36.1 Å². The van der Waals surface area contributed by atoms with Gasteiger partial charge in [0, 0.05) is 12.8 Å². The van der Waals surface area contributed by atoms with Crippen LogP contribution < -0.4 is 0 Å². The van der Waals surface area contributed by atoms with Crippen LogP contribution in [0.15, 0.2) is 12.1 Å². The highest BCUT2D eigenvalue weighted by molar-refractivity contribution is 5.40. The number of fused-ring (bicyclic) bond motifs is 2. The Morgan fingerprint density at radius 2 is 1.46 bits per heavy atom. The topological polar surface area (TPSA) is 12.5 Å². The molecule has 1 heteroatoms. The van der Waals surface area contributed by atoms with Crippen molar-refractivity contribution in [3.8, 4) is 0 Å². The number of rotatable bonds is 0. The van der Waals surface area contributed by atoms with Crippen molar-refractivity contribution >= 4 is 0 Å². The Labute approximate surface area is 78.7 Å². The van der Waals surface area contributed by atoms with Gasteiger partial charge in [-0.15, -0.1) is 0 Å². The Balaban J connectivity index is 2.09. The molecule has 2 aliphatic rings. The summed E-state index contributed by atoms with van der Waals surface area (Å²) in [6.07, 6.45) is 3.38. The Morgan fingerprint density at radius 3 is 1.92 bits per heavy atom. The molecule has 1 aliphatic carbocycles. The van der Waals surface area contributed by atoms with E-state index in [4.69, 9.17) is 4.74 Å². The van der Waals surface area contributed by atoms with Crippen LogP contribution in [0.2, 0.25) is 0 Å². The van der Waals surface area contributed by atoms with Crippen LogP contribution in [0.4, 0.5) is 0 Å². The lowest BCUT2D eigenvalue weighted by molar-refractivity contribution is 0.375. The van der Waals surface area contributed by atoms with Crippen LogP contribution in [0.25, 0.3) is 0 Å². The lowest BCUT2D eigenvalue weighted by Gasteiger charge is -2.14. The van der Waals surface area contributed by atoms with Gasteiger partial charge in [0.2, 0.25) is 0 Å². The molecule has 0 aromatic heterocycles. The molecule has 68 valence electrons. The second kappa shape index (κ2) is 2.36. The van der Waals surface area contributed by atoms with Gasteiger partial charge in [0.1, 0.15) is 0 Å². The van der Waals surface area contributed by atoms with Crippen LogP contribution in [0.1, 0.15) is 22.3 Å². The smallest absolute Gasteiger partial charge is 0.0885 e. The first kappa shape index (κ1) is 7.57. The molecular formula is C12H14O. The average molecular weight is 174 g/mol. The first-order chi connectivity index (χ1) is 6.24. The maximum atomic E-state index is 5.54. The highest BCUT2D eigenvalue weighted by Gasteiger charge is 2.42. The molecule has 1 fully saturated rings. The highest BCUT2D eigenvalue weighted by atomic mass is 16.6. The molecule has 1 heterocycles. The van der Waals surface area contributed by atoms with Crippen molar-refractivity contribution in [1.82, 2.24) is 0 Å². The van der Waals surface area contributed by atoms with Crippen LogP contribution in [0.3, 0.4) is 0 Å². The summed E-state index contributed by atoms with van der Waals surface area (Å²) in [5, 5.41) is 0. The number of ether oxygens (including phenoxy) is 1. The van der Waals surface area contributed by atoms with Crippen LogP contribution in [0, 0.1) is 13.8 Å². The van der Waals surface area contributed by atoms with Crippen LogP contribution in [0.5, 0.6) is 0 Å². The van der Waals surface area contributed by atoms with Crippen molar-refractivity contribution in [1.29, 1.82) is 0 Å². The monoisotopic (exact) mass is 174 g/mol. The highest BCUT2D eigenvalue weighted by Crippen LogP contribution is 2.36. The lowest BCUT2D eigenvalue weighted by Crippen LogP contribution is -2.12. The number of benzene rings is 1. The number of hydrogen-bond donors (Lipinski definition) is 0. The molecule has 0 amide bonds. The average Bonchev–Trinajstić information content (AvgIpc) is 2.80. The fourth-order valence-corrected chi connectivity index (χ4v) is 2.29. The van der Waals surface area contributed by atoms with E-state index in [1.165, 1.54) is 22.3 Å². The summed E-state index contributed by atoms with van der Waals surface area (Å²) in [7, 11) is 0. The summed E-state index contributed by atoms with van der Waals surface area (Å²) in [4.78, 5) is 0. The molecule has 13 heavy (non-hydrogen) atoms. The summed E-state index contributed by atoms with van der Waals surface area (Å²) in [6.45, 7) is 4.38. The predicted octanol–water partition coefficient (Wildman–Crippen LogP) is 2.17. The van der Waals surface area contributed by atoms with E-state index < -0.39 is 0 Å². The van der Waals surface area contributed by atoms with E-state index >= 15 is 0 Å². The number of hydrogen-bond acceptors (Lipinski definition) is 1. The van der Waals surface area contributed by atoms with E-state index in [9.17, 15) is 0 Å². The molecule has 0 radical (unpaired) electrons. The minimum absolute atomic E-state index is 0.551. The van der Waals surface area contributed by atoms with Crippen molar-refractivity contribution in [2.24, 2.45) is 0 Å². The third-order valence-corrected chi connectivity index (χ3v) is 3.35. The Bertz CT molecular complexity index is 333. The van der Waals surface area contributed by atoms with Gasteiger partial charge in [0.05, 0.1) is 12.2 Å². The van der Waals surface area contributed by atoms with E-state index in [-0.39, 0.29) is 0 Å². The lowest BCUT2D eigenvalue weighted by atomic mass is 9.89. The SMILES string of the molecule is Cc1cc2c(cc1C)CC1OC1C2. The van der Waals surface area contributed by atoms with Crippen LogP contribution in [-0.4, -0.2) is 12.2 Å². The van der Waals surface area contributed by atoms with Gasteiger partial charge in [-0.2, -0.15) is 0 Å². The summed E-state index contributed by atoms with van der Waals surface area (Å²) in [5.41, 5.74) is 5.86. The second-order valence-electron chi connectivity index (χ2n) is 4.33. The Morgan fingerprint density at radius 1 is 1.00 bits per heavy atom. The van der Waals surface area contributed by atoms with Crippen molar-refractivity contribution in [2.45, 2.75) is 38.9 Å². The summed E-state index contributed by atoms with van der Waals surface area (Å²) >= 11 is 0. The van der Waals surface area contributed by atoms with Gasteiger partial charge < -0.3 is 4.74 Å². The van der Waals surface area contributed by atoms with E-state index in [1.807, 2.05) is 0 Å². The molecule has 0 bridgehead atoms. The zero-order valence-electron chi connectivity index (χ0n) is 8.13. The summed E-state index contributed by atoms with van der Waals surface area (Å²) in [6, 6.07) is 4.67. The van der Waals surface area contributed by atoms with Gasteiger partial charge in [0.25, 0.3) is 0 Å². The van der Waals surface area contributed by atoms with E-state index in [0.717, 1.165) is 12.8 Å². The van der Waals surface area contributed by atoms with Crippen molar-refractivity contribution in [3.63, 3.8) is 0 Å². The molecule has 2 unspecified atom stereocenters. The minimum atomic E-state index is 0.551. The normalized spacial score (nSPS) is 29.4. The van der Waals surface area contributed by atoms with Gasteiger partial charge in [-0.3, -0.25) is 0 Å². The predicted molar refractivity (Wildman–Crippen MR) is 52.0 cm³/mol. The van der Waals surface area contributed by atoms with Crippen LogP contribution >= 0.6 is 0 Å². The molecule has 0 N–H and O–H groups in total. The number of aryl methyl sites for hydroxylation is 2. The Hall–Kier alpha value is -0.820. The van der Waals surface area contributed by atoms with Gasteiger partial charge in [-0.1, -0.05) is 12.1 Å². The molecule has 1 aromatic rings. The largest absolute Gasteiger partial charge is 0.369 e. The molecule has 1 aliphatic heterocycles. The molecule has 2 atom stereocenters. The molecule has 3 rings (SSSR count). The third-order valence-electron chi connectivity index (χ3n) is 3.35. The maximum absolute atomic E-state index is 5.54. The van der Waals surface area contributed by atoms with Crippen LogP contribution in [-0.2, 0) is 17.6 Å². The van der Waals surface area contributed by atoms with Crippen molar-refractivity contribution < 1.29 is 4.74 Å².